The maximum atomic E-state index is 13.1. The number of aliphatic hydroxyl groups is 1. The lowest BCUT2D eigenvalue weighted by Crippen LogP contribution is -2.36. The normalized spacial score (nSPS) is 13.6. The van der Waals surface area contributed by atoms with Crippen LogP contribution in [0, 0.1) is 0 Å². The second kappa shape index (κ2) is 6.75. The van der Waals surface area contributed by atoms with Crippen molar-refractivity contribution in [2.45, 2.75) is 18.3 Å². The van der Waals surface area contributed by atoms with E-state index < -0.39 is 35.7 Å². The molecule has 0 aliphatic rings. The van der Waals surface area contributed by atoms with Crippen LogP contribution in [0.3, 0.4) is 0 Å². The van der Waals surface area contributed by atoms with Crippen LogP contribution in [0.15, 0.2) is 18.2 Å². The zero-order valence-electron chi connectivity index (χ0n) is 9.63. The van der Waals surface area contributed by atoms with E-state index in [2.05, 4.69) is 4.74 Å². The van der Waals surface area contributed by atoms with Crippen LogP contribution in [-0.2, 0) is 0 Å². The molecule has 0 aliphatic carbocycles. The topological polar surface area (TPSA) is 55.5 Å². The highest BCUT2D eigenvalue weighted by atomic mass is 35.5. The largest absolute Gasteiger partial charge is 0.573 e. The Labute approximate surface area is 121 Å². The third kappa shape index (κ3) is 4.93. The van der Waals surface area contributed by atoms with Gasteiger partial charge in [-0.05, 0) is 17.7 Å². The van der Waals surface area contributed by atoms with Crippen molar-refractivity contribution in [3.05, 3.63) is 28.8 Å². The number of nitrogens with two attached hydrogens (primary N) is 1. The molecule has 0 amide bonds. The number of benzene rings is 1. The van der Waals surface area contributed by atoms with Crippen molar-refractivity contribution in [3.8, 4) is 5.75 Å². The average Bonchev–Trinajstić information content (AvgIpc) is 2.29. The van der Waals surface area contributed by atoms with E-state index in [4.69, 9.17) is 22.4 Å². The fourth-order valence-electron chi connectivity index (χ4n) is 1.26. The van der Waals surface area contributed by atoms with Crippen LogP contribution in [0.1, 0.15) is 11.6 Å². The number of hydrogen-bond donors (Lipinski definition) is 2. The highest BCUT2D eigenvalue weighted by Crippen LogP contribution is 2.35. The molecule has 1 rings (SSSR count). The van der Waals surface area contributed by atoms with Gasteiger partial charge in [0.05, 0.1) is 11.1 Å². The molecule has 0 unspecified atom stereocenters. The number of alkyl halides is 5. The summed E-state index contributed by atoms with van der Waals surface area (Å²) in [5.74, 6) is -4.34. The minimum atomic E-state index is -4.94. The summed E-state index contributed by atoms with van der Waals surface area (Å²) < 4.78 is 65.7. The van der Waals surface area contributed by atoms with Gasteiger partial charge in [0.2, 0.25) is 0 Å². The number of rotatable bonds is 4. The van der Waals surface area contributed by atoms with Gasteiger partial charge < -0.3 is 15.6 Å². The first kappa shape index (κ1) is 19.2. The van der Waals surface area contributed by atoms with Crippen molar-refractivity contribution in [1.82, 2.24) is 0 Å². The van der Waals surface area contributed by atoms with E-state index >= 15 is 0 Å². The van der Waals surface area contributed by atoms with Crippen molar-refractivity contribution < 1.29 is 31.8 Å². The first-order valence-electron chi connectivity index (χ1n) is 4.86. The molecule has 1 aromatic rings. The Morgan fingerprint density at radius 1 is 1.25 bits per heavy atom. The zero-order valence-corrected chi connectivity index (χ0v) is 11.2. The molecule has 20 heavy (non-hydrogen) atoms. The molecule has 0 fully saturated rings. The molecule has 0 spiro atoms. The number of hydrogen-bond acceptors (Lipinski definition) is 3. The van der Waals surface area contributed by atoms with Crippen LogP contribution in [0.2, 0.25) is 5.02 Å². The summed E-state index contributed by atoms with van der Waals surface area (Å²) in [5, 5.41) is 7.95. The van der Waals surface area contributed by atoms with Gasteiger partial charge in [-0.1, -0.05) is 17.7 Å². The van der Waals surface area contributed by atoms with Crippen molar-refractivity contribution >= 4 is 24.0 Å². The van der Waals surface area contributed by atoms with E-state index in [1.165, 1.54) is 0 Å². The van der Waals surface area contributed by atoms with E-state index in [1.807, 2.05) is 0 Å². The molecule has 1 aromatic carbocycles. The number of aliphatic hydroxyl groups excluding tert-OH is 1. The molecule has 0 bridgehead atoms. The van der Waals surface area contributed by atoms with Gasteiger partial charge in [-0.15, -0.1) is 25.6 Å². The minimum absolute atomic E-state index is 0. The molecule has 0 aliphatic heterocycles. The fraction of sp³-hybridized carbons (Fsp3) is 0.400. The number of ether oxygens (including phenoxy) is 1. The van der Waals surface area contributed by atoms with E-state index in [0.29, 0.717) is 0 Å². The Morgan fingerprint density at radius 2 is 1.80 bits per heavy atom. The standard InChI is InChI=1S/C10H9ClF5NO2.ClH/c11-6-3-5(8(17)9(12,13)4-18)1-2-7(6)19-10(14,15)16;/h1-3,8,18H,4,17H2;1H/t8-;/m0./s1. The SMILES string of the molecule is Cl.N[C@@H](c1ccc(OC(F)(F)F)c(Cl)c1)C(F)(F)CO. The Hall–Kier alpha value is -0.830. The molecule has 10 heteroatoms. The van der Waals surface area contributed by atoms with Gasteiger partial charge in [0.25, 0.3) is 5.92 Å². The van der Waals surface area contributed by atoms with Gasteiger partial charge in [0, 0.05) is 0 Å². The van der Waals surface area contributed by atoms with Crippen LogP contribution >= 0.6 is 24.0 Å². The van der Waals surface area contributed by atoms with Gasteiger partial charge in [-0.2, -0.15) is 0 Å². The molecule has 3 N–H and O–H groups in total. The second-order valence-electron chi connectivity index (χ2n) is 3.63. The van der Waals surface area contributed by atoms with Crippen LogP contribution in [0.25, 0.3) is 0 Å². The van der Waals surface area contributed by atoms with Gasteiger partial charge in [-0.3, -0.25) is 0 Å². The average molecular weight is 342 g/mol. The molecule has 0 heterocycles. The monoisotopic (exact) mass is 341 g/mol. The van der Waals surface area contributed by atoms with E-state index in [1.54, 1.807) is 0 Å². The molecular formula is C10H10Cl2F5NO2. The van der Waals surface area contributed by atoms with Gasteiger partial charge in [0.15, 0.2) is 0 Å². The third-order valence-electron chi connectivity index (χ3n) is 2.21. The van der Waals surface area contributed by atoms with Crippen LogP contribution in [0.4, 0.5) is 22.0 Å². The van der Waals surface area contributed by atoms with Crippen LogP contribution in [-0.4, -0.2) is 24.0 Å². The van der Waals surface area contributed by atoms with Crippen molar-refractivity contribution in [2.24, 2.45) is 5.73 Å². The minimum Gasteiger partial charge on any atom is -0.404 e. The first-order valence-corrected chi connectivity index (χ1v) is 5.24. The highest BCUT2D eigenvalue weighted by Gasteiger charge is 2.38. The zero-order chi connectivity index (χ0) is 14.8. The van der Waals surface area contributed by atoms with E-state index in [9.17, 15) is 22.0 Å². The molecule has 1 atom stereocenters. The van der Waals surface area contributed by atoms with E-state index in [-0.39, 0.29) is 18.0 Å². The predicted octanol–water partition coefficient (Wildman–Crippen LogP) is 3.29. The summed E-state index contributed by atoms with van der Waals surface area (Å²) in [7, 11) is 0. The quantitative estimate of drug-likeness (QED) is 0.826. The predicted molar refractivity (Wildman–Crippen MR) is 64.3 cm³/mol. The summed E-state index contributed by atoms with van der Waals surface area (Å²) >= 11 is 5.48. The summed E-state index contributed by atoms with van der Waals surface area (Å²) in [5.41, 5.74) is 4.97. The van der Waals surface area contributed by atoms with Gasteiger partial charge in [-0.25, -0.2) is 8.78 Å². The Bertz CT molecular complexity index is 456. The highest BCUT2D eigenvalue weighted by molar-refractivity contribution is 6.32. The summed E-state index contributed by atoms with van der Waals surface area (Å²) in [6.45, 7) is -1.49. The lowest BCUT2D eigenvalue weighted by molar-refractivity contribution is -0.274. The summed E-state index contributed by atoms with van der Waals surface area (Å²) in [6.07, 6.45) is -4.94. The molecule has 0 radical (unpaired) electrons. The van der Waals surface area contributed by atoms with Crippen molar-refractivity contribution in [2.75, 3.05) is 6.61 Å². The van der Waals surface area contributed by atoms with Crippen molar-refractivity contribution in [1.29, 1.82) is 0 Å². The summed E-state index contributed by atoms with van der Waals surface area (Å²) in [4.78, 5) is 0. The maximum Gasteiger partial charge on any atom is 0.573 e. The maximum absolute atomic E-state index is 13.1. The molecule has 0 saturated carbocycles. The van der Waals surface area contributed by atoms with Crippen LogP contribution < -0.4 is 10.5 Å². The molecule has 116 valence electrons. The smallest absolute Gasteiger partial charge is 0.404 e. The fourth-order valence-corrected chi connectivity index (χ4v) is 1.49. The lowest BCUT2D eigenvalue weighted by Gasteiger charge is -2.22. The Kier molecular flexibility index (Phi) is 6.47. The Morgan fingerprint density at radius 3 is 2.20 bits per heavy atom. The van der Waals surface area contributed by atoms with Gasteiger partial charge >= 0.3 is 6.36 Å². The number of halogens is 7. The lowest BCUT2D eigenvalue weighted by atomic mass is 10.0. The first-order chi connectivity index (χ1) is 8.57. The third-order valence-corrected chi connectivity index (χ3v) is 2.50. The molecule has 0 saturated heterocycles. The molecular weight excluding hydrogens is 332 g/mol. The van der Waals surface area contributed by atoms with Crippen LogP contribution in [0.5, 0.6) is 5.75 Å². The second-order valence-corrected chi connectivity index (χ2v) is 4.04. The van der Waals surface area contributed by atoms with Gasteiger partial charge in [0.1, 0.15) is 12.4 Å². The van der Waals surface area contributed by atoms with E-state index in [0.717, 1.165) is 18.2 Å². The van der Waals surface area contributed by atoms with Crippen molar-refractivity contribution in [3.63, 3.8) is 0 Å². The summed E-state index contributed by atoms with van der Waals surface area (Å²) in [6, 6.07) is 0.631. The molecule has 3 nitrogen and oxygen atoms in total. The Balaban J connectivity index is 0.00000361. The molecule has 0 aromatic heterocycles.